The van der Waals surface area contributed by atoms with Crippen LogP contribution in [0, 0.1) is 11.6 Å². The first-order valence-corrected chi connectivity index (χ1v) is 5.73. The minimum absolute atomic E-state index is 0.0576. The quantitative estimate of drug-likeness (QED) is 0.833. The van der Waals surface area contributed by atoms with E-state index in [1.807, 2.05) is 6.92 Å². The topological polar surface area (TPSA) is 29.5 Å². The highest BCUT2D eigenvalue weighted by molar-refractivity contribution is 5.19. The predicted molar refractivity (Wildman–Crippen MR) is 61.8 cm³/mol. The molecule has 0 aliphatic heterocycles. The Morgan fingerprint density at radius 2 is 2.06 bits per heavy atom. The number of aliphatic hydroxyl groups excluding tert-OH is 1. The molecule has 0 aromatic heterocycles. The van der Waals surface area contributed by atoms with Crippen molar-refractivity contribution in [2.24, 2.45) is 0 Å². The Morgan fingerprint density at radius 3 is 2.65 bits per heavy atom. The summed E-state index contributed by atoms with van der Waals surface area (Å²) >= 11 is 0. The molecule has 0 amide bonds. The van der Waals surface area contributed by atoms with E-state index in [1.54, 1.807) is 0 Å². The Morgan fingerprint density at radius 1 is 1.35 bits per heavy atom. The fraction of sp³-hybridized carbons (Fsp3) is 0.538. The van der Waals surface area contributed by atoms with E-state index in [2.05, 4.69) is 0 Å². The average Bonchev–Trinajstić information content (AvgIpc) is 2.30. The van der Waals surface area contributed by atoms with Gasteiger partial charge in [-0.25, -0.2) is 8.78 Å². The summed E-state index contributed by atoms with van der Waals surface area (Å²) in [6.45, 7) is 1.97. The molecule has 0 aliphatic carbocycles. The number of benzene rings is 1. The molecule has 1 aromatic carbocycles. The van der Waals surface area contributed by atoms with Crippen molar-refractivity contribution in [3.05, 3.63) is 35.4 Å². The van der Waals surface area contributed by atoms with Crippen molar-refractivity contribution in [2.45, 2.75) is 38.4 Å². The third-order valence-corrected chi connectivity index (χ3v) is 2.74. The molecule has 17 heavy (non-hydrogen) atoms. The predicted octanol–water partition coefficient (Wildman–Crippen LogP) is 2.68. The number of rotatable bonds is 6. The molecular weight excluding hydrogens is 226 g/mol. The zero-order valence-corrected chi connectivity index (χ0v) is 10.1. The van der Waals surface area contributed by atoms with Crippen LogP contribution in [0.5, 0.6) is 0 Å². The maximum atomic E-state index is 13.4. The molecule has 0 saturated heterocycles. The van der Waals surface area contributed by atoms with Crippen molar-refractivity contribution in [3.8, 4) is 0 Å². The molecular formula is C13H18F2O2. The zero-order chi connectivity index (χ0) is 12.8. The highest BCUT2D eigenvalue weighted by Crippen LogP contribution is 2.16. The first kappa shape index (κ1) is 14.1. The molecule has 0 radical (unpaired) electrons. The molecule has 1 N–H and O–H groups in total. The van der Waals surface area contributed by atoms with Gasteiger partial charge in [0.2, 0.25) is 0 Å². The van der Waals surface area contributed by atoms with Crippen LogP contribution in [0.2, 0.25) is 0 Å². The Hall–Kier alpha value is -1.00. The maximum absolute atomic E-state index is 13.4. The van der Waals surface area contributed by atoms with Gasteiger partial charge in [0, 0.05) is 13.5 Å². The van der Waals surface area contributed by atoms with Crippen LogP contribution in [-0.4, -0.2) is 24.4 Å². The van der Waals surface area contributed by atoms with Crippen LogP contribution in [0.25, 0.3) is 0 Å². The van der Waals surface area contributed by atoms with Gasteiger partial charge in [0.05, 0.1) is 12.2 Å². The summed E-state index contributed by atoms with van der Waals surface area (Å²) in [5.41, 5.74) is 0.177. The number of hydrogen-bond acceptors (Lipinski definition) is 2. The first-order valence-electron chi connectivity index (χ1n) is 5.73. The summed E-state index contributed by atoms with van der Waals surface area (Å²) in [4.78, 5) is 0. The first-order chi connectivity index (χ1) is 8.08. The molecule has 2 nitrogen and oxygen atoms in total. The van der Waals surface area contributed by atoms with E-state index in [-0.39, 0.29) is 18.1 Å². The van der Waals surface area contributed by atoms with Gasteiger partial charge in [0.25, 0.3) is 0 Å². The lowest BCUT2D eigenvalue weighted by molar-refractivity contribution is -0.0162. The lowest BCUT2D eigenvalue weighted by atomic mass is 10.0. The number of ether oxygens (including phenoxy) is 1. The van der Waals surface area contributed by atoms with Gasteiger partial charge in [-0.05, 0) is 30.2 Å². The summed E-state index contributed by atoms with van der Waals surface area (Å²) in [5.74, 6) is -1.00. The van der Waals surface area contributed by atoms with E-state index in [4.69, 9.17) is 4.74 Å². The number of aliphatic hydroxyl groups is 1. The van der Waals surface area contributed by atoms with E-state index in [9.17, 15) is 13.9 Å². The fourth-order valence-corrected chi connectivity index (χ4v) is 1.81. The van der Waals surface area contributed by atoms with Crippen LogP contribution in [0.1, 0.15) is 25.3 Å². The summed E-state index contributed by atoms with van der Waals surface area (Å²) in [7, 11) is 1.51. The van der Waals surface area contributed by atoms with Crippen molar-refractivity contribution < 1.29 is 18.6 Å². The molecule has 0 saturated carbocycles. The van der Waals surface area contributed by atoms with Crippen LogP contribution in [-0.2, 0) is 11.2 Å². The second-order valence-electron chi connectivity index (χ2n) is 4.07. The van der Waals surface area contributed by atoms with E-state index < -0.39 is 17.7 Å². The maximum Gasteiger partial charge on any atom is 0.126 e. The lowest BCUT2D eigenvalue weighted by Crippen LogP contribution is -2.30. The average molecular weight is 244 g/mol. The smallest absolute Gasteiger partial charge is 0.126 e. The number of hydrogen-bond donors (Lipinski definition) is 1. The molecule has 2 unspecified atom stereocenters. The summed E-state index contributed by atoms with van der Waals surface area (Å²) in [5, 5.41) is 9.89. The molecule has 0 heterocycles. The molecule has 0 spiro atoms. The van der Waals surface area contributed by atoms with E-state index in [1.165, 1.54) is 7.11 Å². The Labute approximate surface area is 100 Å². The van der Waals surface area contributed by atoms with Crippen molar-refractivity contribution in [1.29, 1.82) is 0 Å². The third kappa shape index (κ3) is 4.06. The van der Waals surface area contributed by atoms with Gasteiger partial charge in [-0.15, -0.1) is 0 Å². The second kappa shape index (κ2) is 6.67. The lowest BCUT2D eigenvalue weighted by Gasteiger charge is -2.21. The van der Waals surface area contributed by atoms with Gasteiger partial charge in [-0.1, -0.05) is 13.3 Å². The van der Waals surface area contributed by atoms with Gasteiger partial charge in [0.15, 0.2) is 0 Å². The Balaban J connectivity index is 2.72. The van der Waals surface area contributed by atoms with Crippen molar-refractivity contribution >= 4 is 0 Å². The number of halogens is 2. The molecule has 1 rings (SSSR count). The minimum Gasteiger partial charge on any atom is -0.390 e. The van der Waals surface area contributed by atoms with Crippen molar-refractivity contribution in [2.75, 3.05) is 7.11 Å². The van der Waals surface area contributed by atoms with Crippen molar-refractivity contribution in [3.63, 3.8) is 0 Å². The van der Waals surface area contributed by atoms with E-state index >= 15 is 0 Å². The van der Waals surface area contributed by atoms with Crippen LogP contribution in [0.4, 0.5) is 8.78 Å². The summed E-state index contributed by atoms with van der Waals surface area (Å²) < 4.78 is 31.4. The minimum atomic E-state index is -0.823. The number of methoxy groups -OCH3 is 1. The zero-order valence-electron chi connectivity index (χ0n) is 10.1. The summed E-state index contributed by atoms with van der Waals surface area (Å²) in [6, 6.07) is 3.24. The third-order valence-electron chi connectivity index (χ3n) is 2.74. The van der Waals surface area contributed by atoms with E-state index in [0.717, 1.165) is 24.6 Å². The summed E-state index contributed by atoms with van der Waals surface area (Å²) in [6.07, 6.45) is 0.441. The molecule has 2 atom stereocenters. The van der Waals surface area contributed by atoms with Crippen LogP contribution >= 0.6 is 0 Å². The van der Waals surface area contributed by atoms with Crippen LogP contribution in [0.15, 0.2) is 18.2 Å². The molecule has 96 valence electrons. The molecule has 0 bridgehead atoms. The molecule has 1 aromatic rings. The standard InChI is InChI=1S/C13H18F2O2/c1-3-4-13(17-2)12(16)8-9-7-10(14)5-6-11(9)15/h5-7,12-13,16H,3-4,8H2,1-2H3. The van der Waals surface area contributed by atoms with Crippen molar-refractivity contribution in [1.82, 2.24) is 0 Å². The molecule has 0 aliphatic rings. The largest absolute Gasteiger partial charge is 0.390 e. The van der Waals surface area contributed by atoms with E-state index in [0.29, 0.717) is 6.42 Å². The highest BCUT2D eigenvalue weighted by atomic mass is 19.1. The Bertz CT molecular complexity index is 355. The monoisotopic (exact) mass is 244 g/mol. The SMILES string of the molecule is CCCC(OC)C(O)Cc1cc(F)ccc1F. The molecule has 4 heteroatoms. The van der Waals surface area contributed by atoms with Gasteiger partial charge in [0.1, 0.15) is 11.6 Å². The van der Waals surface area contributed by atoms with Crippen LogP contribution in [0.3, 0.4) is 0 Å². The van der Waals surface area contributed by atoms with Gasteiger partial charge < -0.3 is 9.84 Å². The van der Waals surface area contributed by atoms with Gasteiger partial charge in [-0.2, -0.15) is 0 Å². The highest BCUT2D eigenvalue weighted by Gasteiger charge is 2.19. The van der Waals surface area contributed by atoms with Gasteiger partial charge >= 0.3 is 0 Å². The second-order valence-corrected chi connectivity index (χ2v) is 4.07. The fourth-order valence-electron chi connectivity index (χ4n) is 1.81. The van der Waals surface area contributed by atoms with Crippen LogP contribution < -0.4 is 0 Å². The van der Waals surface area contributed by atoms with Gasteiger partial charge in [-0.3, -0.25) is 0 Å². The normalized spacial score (nSPS) is 14.6. The molecule has 0 fully saturated rings. The Kier molecular flexibility index (Phi) is 5.51.